The zero-order valence-electron chi connectivity index (χ0n) is 10.9. The van der Waals surface area contributed by atoms with Crippen LogP contribution >= 0.6 is 0 Å². The van der Waals surface area contributed by atoms with E-state index in [0.29, 0.717) is 5.92 Å². The SMILES string of the molecule is OC1(C2CCOC3(CCCCC3)C2)CCCC1. The molecule has 1 N–H and O–H groups in total. The minimum absolute atomic E-state index is 0.152. The fourth-order valence-corrected chi connectivity index (χ4v) is 4.43. The Morgan fingerprint density at radius 3 is 2.24 bits per heavy atom. The van der Waals surface area contributed by atoms with E-state index in [9.17, 15) is 5.11 Å². The Morgan fingerprint density at radius 1 is 0.882 bits per heavy atom. The van der Waals surface area contributed by atoms with Gasteiger partial charge >= 0.3 is 0 Å². The predicted molar refractivity (Wildman–Crippen MR) is 67.9 cm³/mol. The first-order chi connectivity index (χ1) is 8.23. The Hall–Kier alpha value is -0.0800. The summed E-state index contributed by atoms with van der Waals surface area (Å²) in [5.74, 6) is 0.511. The molecule has 0 aromatic rings. The largest absolute Gasteiger partial charge is 0.390 e. The number of hydrogen-bond donors (Lipinski definition) is 1. The first-order valence-corrected chi connectivity index (χ1v) is 7.59. The molecule has 1 aliphatic heterocycles. The van der Waals surface area contributed by atoms with Crippen LogP contribution in [0.4, 0.5) is 0 Å². The Labute approximate surface area is 105 Å². The van der Waals surface area contributed by atoms with Crippen LogP contribution in [0.15, 0.2) is 0 Å². The van der Waals surface area contributed by atoms with Crippen LogP contribution in [0.25, 0.3) is 0 Å². The third-order valence-corrected chi connectivity index (χ3v) is 5.49. The molecule has 17 heavy (non-hydrogen) atoms. The fraction of sp³-hybridized carbons (Fsp3) is 1.00. The first kappa shape index (κ1) is 12.0. The van der Waals surface area contributed by atoms with Crippen LogP contribution in [-0.4, -0.2) is 22.9 Å². The van der Waals surface area contributed by atoms with Crippen molar-refractivity contribution in [3.05, 3.63) is 0 Å². The summed E-state index contributed by atoms with van der Waals surface area (Å²) >= 11 is 0. The summed E-state index contributed by atoms with van der Waals surface area (Å²) in [6, 6.07) is 0. The van der Waals surface area contributed by atoms with Crippen LogP contribution < -0.4 is 0 Å². The van der Waals surface area contributed by atoms with Crippen LogP contribution in [0.3, 0.4) is 0 Å². The molecule has 1 unspecified atom stereocenters. The molecule has 0 aromatic heterocycles. The van der Waals surface area contributed by atoms with Gasteiger partial charge in [-0.15, -0.1) is 0 Å². The highest BCUT2D eigenvalue weighted by atomic mass is 16.5. The zero-order chi connectivity index (χ0) is 11.8. The monoisotopic (exact) mass is 238 g/mol. The molecule has 1 saturated heterocycles. The summed E-state index contributed by atoms with van der Waals surface area (Å²) in [6.07, 6.45) is 13.2. The van der Waals surface area contributed by atoms with Crippen LogP contribution in [-0.2, 0) is 4.74 Å². The maximum absolute atomic E-state index is 10.8. The highest BCUT2D eigenvalue weighted by Crippen LogP contribution is 2.47. The fourth-order valence-electron chi connectivity index (χ4n) is 4.43. The molecule has 1 spiro atoms. The molecule has 2 heteroatoms. The lowest BCUT2D eigenvalue weighted by molar-refractivity contribution is -0.154. The molecule has 1 atom stereocenters. The van der Waals surface area contributed by atoms with Crippen molar-refractivity contribution in [2.45, 2.75) is 81.8 Å². The predicted octanol–water partition coefficient (Wildman–Crippen LogP) is 3.42. The minimum Gasteiger partial charge on any atom is -0.390 e. The molecule has 0 radical (unpaired) electrons. The molecule has 1 heterocycles. The van der Waals surface area contributed by atoms with Gasteiger partial charge in [0, 0.05) is 6.61 Å². The summed E-state index contributed by atoms with van der Waals surface area (Å²) in [7, 11) is 0. The van der Waals surface area contributed by atoms with Crippen molar-refractivity contribution in [1.29, 1.82) is 0 Å². The zero-order valence-corrected chi connectivity index (χ0v) is 10.9. The van der Waals surface area contributed by atoms with Gasteiger partial charge in [0.25, 0.3) is 0 Å². The van der Waals surface area contributed by atoms with E-state index in [1.807, 2.05) is 0 Å². The van der Waals surface area contributed by atoms with E-state index in [-0.39, 0.29) is 11.2 Å². The second-order valence-corrected chi connectivity index (χ2v) is 6.59. The summed E-state index contributed by atoms with van der Waals surface area (Å²) < 4.78 is 6.13. The van der Waals surface area contributed by atoms with E-state index in [1.54, 1.807) is 0 Å². The normalized spacial score (nSPS) is 36.2. The van der Waals surface area contributed by atoms with E-state index in [0.717, 1.165) is 32.3 Å². The third kappa shape index (κ3) is 2.26. The van der Waals surface area contributed by atoms with Crippen molar-refractivity contribution in [1.82, 2.24) is 0 Å². The van der Waals surface area contributed by atoms with Crippen LogP contribution in [0, 0.1) is 5.92 Å². The third-order valence-electron chi connectivity index (χ3n) is 5.49. The second-order valence-electron chi connectivity index (χ2n) is 6.59. The average molecular weight is 238 g/mol. The molecule has 3 aliphatic rings. The van der Waals surface area contributed by atoms with Crippen LogP contribution in [0.1, 0.15) is 70.6 Å². The molecule has 2 saturated carbocycles. The van der Waals surface area contributed by atoms with E-state index >= 15 is 0 Å². The molecule has 3 fully saturated rings. The van der Waals surface area contributed by atoms with Crippen molar-refractivity contribution in [3.63, 3.8) is 0 Å². The molecule has 3 rings (SSSR count). The van der Waals surface area contributed by atoms with Crippen LogP contribution in [0.5, 0.6) is 0 Å². The van der Waals surface area contributed by atoms with E-state index in [2.05, 4.69) is 0 Å². The van der Waals surface area contributed by atoms with E-state index in [4.69, 9.17) is 4.74 Å². The standard InChI is InChI=1S/C15H26O2/c16-15(9-4-5-10-15)13-6-11-17-14(12-13)7-2-1-3-8-14/h13,16H,1-12H2. The van der Waals surface area contributed by atoms with Gasteiger partial charge in [-0.2, -0.15) is 0 Å². The number of ether oxygens (including phenoxy) is 1. The van der Waals surface area contributed by atoms with Crippen molar-refractivity contribution in [3.8, 4) is 0 Å². The van der Waals surface area contributed by atoms with Gasteiger partial charge in [0.05, 0.1) is 11.2 Å². The highest BCUT2D eigenvalue weighted by Gasteiger charge is 2.47. The average Bonchev–Trinajstić information content (AvgIpc) is 2.79. The Morgan fingerprint density at radius 2 is 1.53 bits per heavy atom. The summed E-state index contributed by atoms with van der Waals surface area (Å²) in [5, 5.41) is 10.8. The van der Waals surface area contributed by atoms with Gasteiger partial charge in [-0.3, -0.25) is 0 Å². The van der Waals surface area contributed by atoms with Crippen molar-refractivity contribution < 1.29 is 9.84 Å². The van der Waals surface area contributed by atoms with E-state index in [1.165, 1.54) is 44.9 Å². The summed E-state index contributed by atoms with van der Waals surface area (Å²) in [6.45, 7) is 0.882. The molecule has 2 aliphatic carbocycles. The van der Waals surface area contributed by atoms with Gasteiger partial charge in [0.1, 0.15) is 0 Å². The Kier molecular flexibility index (Phi) is 3.20. The van der Waals surface area contributed by atoms with Gasteiger partial charge in [0.2, 0.25) is 0 Å². The molecule has 0 amide bonds. The maximum atomic E-state index is 10.8. The van der Waals surface area contributed by atoms with Gasteiger partial charge in [-0.25, -0.2) is 0 Å². The summed E-state index contributed by atoms with van der Waals surface area (Å²) in [5.41, 5.74) is -0.187. The molecular weight excluding hydrogens is 212 g/mol. The molecule has 0 aromatic carbocycles. The number of aliphatic hydroxyl groups is 1. The highest BCUT2D eigenvalue weighted by molar-refractivity contribution is 4.98. The number of hydrogen-bond acceptors (Lipinski definition) is 2. The van der Waals surface area contributed by atoms with Gasteiger partial charge < -0.3 is 9.84 Å². The Bertz CT molecular complexity index is 257. The first-order valence-electron chi connectivity index (χ1n) is 7.59. The lowest BCUT2D eigenvalue weighted by Gasteiger charge is -2.47. The maximum Gasteiger partial charge on any atom is 0.0686 e. The van der Waals surface area contributed by atoms with Crippen molar-refractivity contribution in [2.75, 3.05) is 6.61 Å². The molecule has 98 valence electrons. The molecule has 2 nitrogen and oxygen atoms in total. The molecular formula is C15H26O2. The smallest absolute Gasteiger partial charge is 0.0686 e. The van der Waals surface area contributed by atoms with E-state index < -0.39 is 0 Å². The van der Waals surface area contributed by atoms with Gasteiger partial charge in [0.15, 0.2) is 0 Å². The quantitative estimate of drug-likeness (QED) is 0.758. The van der Waals surface area contributed by atoms with Crippen molar-refractivity contribution >= 4 is 0 Å². The number of rotatable bonds is 1. The van der Waals surface area contributed by atoms with Gasteiger partial charge in [-0.05, 0) is 44.4 Å². The lowest BCUT2D eigenvalue weighted by atomic mass is 9.70. The van der Waals surface area contributed by atoms with Crippen molar-refractivity contribution in [2.24, 2.45) is 5.92 Å². The summed E-state index contributed by atoms with van der Waals surface area (Å²) in [4.78, 5) is 0. The minimum atomic E-state index is -0.339. The second kappa shape index (κ2) is 4.55. The van der Waals surface area contributed by atoms with Gasteiger partial charge in [-0.1, -0.05) is 32.1 Å². The molecule has 0 bridgehead atoms. The Balaban J connectivity index is 1.70. The topological polar surface area (TPSA) is 29.5 Å². The van der Waals surface area contributed by atoms with Crippen LogP contribution in [0.2, 0.25) is 0 Å². The lowest BCUT2D eigenvalue weighted by Crippen LogP contribution is -2.48.